The van der Waals surface area contributed by atoms with Crippen LogP contribution in [0.2, 0.25) is 0 Å². The van der Waals surface area contributed by atoms with Crippen LogP contribution in [0, 0.1) is 5.41 Å². The maximum atomic E-state index is 11.6. The molecule has 0 spiro atoms. The van der Waals surface area contributed by atoms with Crippen LogP contribution in [0.1, 0.15) is 40.0 Å². The van der Waals surface area contributed by atoms with Crippen LogP contribution in [0.4, 0.5) is 0 Å². The molecule has 130 valence electrons. The molecule has 0 bridgehead atoms. The quantitative estimate of drug-likeness (QED) is 0.320. The summed E-state index contributed by atoms with van der Waals surface area (Å²) in [6.07, 6.45) is -1.99. The number of β-amino-alcohol motifs (C(OH)–C–C–N with tert-alkyl or cyclic N) is 1. The molecule has 22 heavy (non-hydrogen) atoms. The molecule has 5 N–H and O–H groups in total. The van der Waals surface area contributed by atoms with Crippen molar-refractivity contribution in [3.63, 3.8) is 0 Å². The van der Waals surface area contributed by atoms with Gasteiger partial charge in [-0.3, -0.25) is 4.79 Å². The van der Waals surface area contributed by atoms with E-state index >= 15 is 0 Å². The highest BCUT2D eigenvalue weighted by molar-refractivity contribution is 5.75. The van der Waals surface area contributed by atoms with Gasteiger partial charge in [0.2, 0.25) is 0 Å². The van der Waals surface area contributed by atoms with E-state index in [0.29, 0.717) is 19.3 Å². The van der Waals surface area contributed by atoms with Gasteiger partial charge in [0.05, 0.1) is 30.3 Å². The van der Waals surface area contributed by atoms with Crippen molar-refractivity contribution in [2.75, 3.05) is 19.8 Å². The van der Waals surface area contributed by atoms with Crippen LogP contribution < -0.4 is 5.32 Å². The summed E-state index contributed by atoms with van der Waals surface area (Å²) in [7, 11) is 0. The van der Waals surface area contributed by atoms with Gasteiger partial charge in [-0.1, -0.05) is 0 Å². The third-order valence-electron chi connectivity index (χ3n) is 4.09. The van der Waals surface area contributed by atoms with E-state index in [1.54, 1.807) is 20.8 Å². The number of ether oxygens (including phenoxy) is 1. The van der Waals surface area contributed by atoms with Gasteiger partial charge >= 0.3 is 5.97 Å². The second-order valence-electron chi connectivity index (χ2n) is 7.04. The molecule has 0 aliphatic carbocycles. The van der Waals surface area contributed by atoms with Crippen molar-refractivity contribution in [3.8, 4) is 0 Å². The Bertz CT molecular complexity index is 370. The molecule has 0 unspecified atom stereocenters. The fourth-order valence-electron chi connectivity index (χ4n) is 2.46. The minimum Gasteiger partial charge on any atom is -0.465 e. The number of aliphatic hydroxyl groups is 4. The number of unbranched alkanes of at least 4 members (excludes halogenated alkanes) is 1. The first kappa shape index (κ1) is 19.3. The predicted octanol–water partition coefficient (Wildman–Crippen LogP) is -0.837. The highest BCUT2D eigenvalue weighted by Crippen LogP contribution is 2.26. The van der Waals surface area contributed by atoms with E-state index in [0.717, 1.165) is 0 Å². The first-order chi connectivity index (χ1) is 10.1. The fraction of sp³-hybridized carbons (Fsp3) is 0.933. The molecular formula is C15H29NO6. The number of rotatable bonds is 6. The van der Waals surface area contributed by atoms with E-state index in [4.69, 9.17) is 4.74 Å². The summed E-state index contributed by atoms with van der Waals surface area (Å²) in [5.41, 5.74) is -1.57. The molecule has 1 fully saturated rings. The average Bonchev–Trinajstić information content (AvgIpc) is 2.46. The van der Waals surface area contributed by atoms with E-state index < -0.39 is 29.3 Å². The highest BCUT2D eigenvalue weighted by atomic mass is 16.5. The molecule has 1 aliphatic heterocycles. The Morgan fingerprint density at radius 1 is 1.27 bits per heavy atom. The maximum Gasteiger partial charge on any atom is 0.311 e. The molecule has 0 radical (unpaired) electrons. The SMILES string of the molecule is CC(C)(C)C(=O)OCCCC[C@]1(CO)NC[C@H](O)[C@@H](O)[C@@H]1O. The van der Waals surface area contributed by atoms with Gasteiger partial charge in [0.25, 0.3) is 0 Å². The topological polar surface area (TPSA) is 119 Å². The molecule has 4 atom stereocenters. The van der Waals surface area contributed by atoms with E-state index in [2.05, 4.69) is 5.32 Å². The molecule has 7 nitrogen and oxygen atoms in total. The van der Waals surface area contributed by atoms with Crippen LogP contribution in [-0.2, 0) is 9.53 Å². The molecule has 0 aromatic heterocycles. The molecule has 1 rings (SSSR count). The van der Waals surface area contributed by atoms with Crippen LogP contribution in [0.3, 0.4) is 0 Å². The van der Waals surface area contributed by atoms with E-state index in [1.807, 2.05) is 0 Å². The smallest absolute Gasteiger partial charge is 0.311 e. The summed E-state index contributed by atoms with van der Waals surface area (Å²) in [6.45, 7) is 5.39. The Morgan fingerprint density at radius 3 is 2.45 bits per heavy atom. The molecule has 1 aliphatic rings. The monoisotopic (exact) mass is 319 g/mol. The lowest BCUT2D eigenvalue weighted by Crippen LogP contribution is -2.69. The Labute approximate surface area is 131 Å². The van der Waals surface area contributed by atoms with Gasteiger partial charge in [0.15, 0.2) is 0 Å². The summed E-state index contributed by atoms with van der Waals surface area (Å²) < 4.78 is 5.15. The number of hydrogen-bond donors (Lipinski definition) is 5. The normalized spacial score (nSPS) is 32.8. The van der Waals surface area contributed by atoms with Gasteiger partial charge in [-0.25, -0.2) is 0 Å². The van der Waals surface area contributed by atoms with Crippen LogP contribution in [0.25, 0.3) is 0 Å². The second kappa shape index (κ2) is 7.70. The highest BCUT2D eigenvalue weighted by Gasteiger charge is 2.46. The van der Waals surface area contributed by atoms with Crippen molar-refractivity contribution in [1.29, 1.82) is 0 Å². The first-order valence-electron chi connectivity index (χ1n) is 7.71. The zero-order chi connectivity index (χ0) is 17.0. The number of hydrogen-bond acceptors (Lipinski definition) is 7. The van der Waals surface area contributed by atoms with Crippen LogP contribution in [-0.4, -0.2) is 70.0 Å². The van der Waals surface area contributed by atoms with Crippen LogP contribution >= 0.6 is 0 Å². The summed E-state index contributed by atoms with van der Waals surface area (Å²) in [4.78, 5) is 11.6. The standard InChI is InChI=1S/C15H29NO6/c1-14(2,3)13(21)22-7-5-4-6-15(9-17)12(20)11(19)10(18)8-16-15/h10-12,16-20H,4-9H2,1-3H3/t10-,11+,12-,15+/m0/s1. The van der Waals surface area contributed by atoms with Gasteiger partial charge in [-0.2, -0.15) is 0 Å². The van der Waals surface area contributed by atoms with Crippen LogP contribution in [0.5, 0.6) is 0 Å². The summed E-state index contributed by atoms with van der Waals surface area (Å²) in [6, 6.07) is 0. The molecule has 0 aromatic rings. The number of carbonyl (C=O) groups excluding carboxylic acids is 1. The Kier molecular flexibility index (Phi) is 6.76. The van der Waals surface area contributed by atoms with Gasteiger partial charge in [-0.05, 0) is 40.0 Å². The fourth-order valence-corrected chi connectivity index (χ4v) is 2.46. The lowest BCUT2D eigenvalue weighted by molar-refractivity contribution is -0.153. The largest absolute Gasteiger partial charge is 0.465 e. The molecule has 0 amide bonds. The Balaban J connectivity index is 2.40. The van der Waals surface area contributed by atoms with Gasteiger partial charge < -0.3 is 30.5 Å². The minimum absolute atomic E-state index is 0.109. The van der Waals surface area contributed by atoms with Gasteiger partial charge in [0, 0.05) is 6.54 Å². The van der Waals surface area contributed by atoms with Crippen molar-refractivity contribution in [1.82, 2.24) is 5.32 Å². The lowest BCUT2D eigenvalue weighted by Gasteiger charge is -2.45. The third-order valence-corrected chi connectivity index (χ3v) is 4.09. The molecule has 1 saturated heterocycles. The van der Waals surface area contributed by atoms with Crippen molar-refractivity contribution >= 4 is 5.97 Å². The summed E-state index contributed by atoms with van der Waals surface area (Å²) in [5.74, 6) is -0.265. The lowest BCUT2D eigenvalue weighted by atomic mass is 9.80. The zero-order valence-electron chi connectivity index (χ0n) is 13.6. The van der Waals surface area contributed by atoms with Crippen molar-refractivity contribution in [2.24, 2.45) is 5.41 Å². The number of piperidine rings is 1. The number of esters is 1. The predicted molar refractivity (Wildman–Crippen MR) is 80.1 cm³/mol. The average molecular weight is 319 g/mol. The van der Waals surface area contributed by atoms with Gasteiger partial charge in [-0.15, -0.1) is 0 Å². The van der Waals surface area contributed by atoms with E-state index in [1.165, 1.54) is 0 Å². The third kappa shape index (κ3) is 4.63. The number of carbonyl (C=O) groups is 1. The molecule has 0 saturated carbocycles. The maximum absolute atomic E-state index is 11.6. The minimum atomic E-state index is -1.29. The van der Waals surface area contributed by atoms with Gasteiger partial charge in [0.1, 0.15) is 12.2 Å². The Hall–Kier alpha value is -0.730. The van der Waals surface area contributed by atoms with E-state index in [9.17, 15) is 25.2 Å². The van der Waals surface area contributed by atoms with Crippen LogP contribution in [0.15, 0.2) is 0 Å². The summed E-state index contributed by atoms with van der Waals surface area (Å²) in [5, 5.41) is 41.8. The molecule has 0 aromatic carbocycles. The molecule has 7 heteroatoms. The molecular weight excluding hydrogens is 290 g/mol. The zero-order valence-corrected chi connectivity index (χ0v) is 13.6. The summed E-state index contributed by atoms with van der Waals surface area (Å²) >= 11 is 0. The van der Waals surface area contributed by atoms with Crippen molar-refractivity contribution in [3.05, 3.63) is 0 Å². The van der Waals surface area contributed by atoms with Crippen molar-refractivity contribution in [2.45, 2.75) is 63.9 Å². The Morgan fingerprint density at radius 2 is 1.91 bits per heavy atom. The van der Waals surface area contributed by atoms with E-state index in [-0.39, 0.29) is 25.7 Å². The molecule has 1 heterocycles. The second-order valence-corrected chi connectivity index (χ2v) is 7.04. The number of nitrogens with one attached hydrogen (secondary N) is 1. The van der Waals surface area contributed by atoms with Crippen molar-refractivity contribution < 1.29 is 30.0 Å². The first-order valence-corrected chi connectivity index (χ1v) is 7.71. The number of aliphatic hydroxyl groups excluding tert-OH is 4.